The number of nitrogens with one attached hydrogen (secondary N) is 1. The van der Waals surface area contributed by atoms with Gasteiger partial charge in [-0.1, -0.05) is 0 Å². The summed E-state index contributed by atoms with van der Waals surface area (Å²) in [4.78, 5) is 12.3. The first kappa shape index (κ1) is 17.7. The van der Waals surface area contributed by atoms with Crippen LogP contribution in [0, 0.1) is 12.7 Å². The number of hydrogen-bond acceptors (Lipinski definition) is 3. The van der Waals surface area contributed by atoms with Gasteiger partial charge in [0.2, 0.25) is 5.91 Å². The van der Waals surface area contributed by atoms with Crippen LogP contribution in [0.5, 0.6) is 5.75 Å². The minimum absolute atomic E-state index is 0.291. The zero-order valence-electron chi connectivity index (χ0n) is 14.9. The molecule has 3 rings (SSSR count). The highest BCUT2D eigenvalue weighted by Crippen LogP contribution is 2.33. The highest BCUT2D eigenvalue weighted by molar-refractivity contribution is 6.04. The van der Waals surface area contributed by atoms with Gasteiger partial charge in [0.1, 0.15) is 17.1 Å². The van der Waals surface area contributed by atoms with E-state index in [-0.39, 0.29) is 11.7 Å². The van der Waals surface area contributed by atoms with E-state index in [1.165, 1.54) is 30.3 Å². The number of hydrogen-bond donors (Lipinski definition) is 1. The van der Waals surface area contributed by atoms with Gasteiger partial charge in [-0.15, -0.1) is 0 Å². The lowest BCUT2D eigenvalue weighted by Gasteiger charge is -2.11. The van der Waals surface area contributed by atoms with Crippen LogP contribution < -0.4 is 10.1 Å². The van der Waals surface area contributed by atoms with E-state index in [1.54, 1.807) is 6.26 Å². The fraction of sp³-hybridized carbons (Fsp3) is 0.190. The first-order chi connectivity index (χ1) is 12.5. The molecule has 2 aromatic carbocycles. The zero-order chi connectivity index (χ0) is 18.7. The van der Waals surface area contributed by atoms with Crippen molar-refractivity contribution in [3.05, 3.63) is 65.7 Å². The number of aryl methyl sites for hydroxylation is 1. The molecule has 0 atom stereocenters. The summed E-state index contributed by atoms with van der Waals surface area (Å²) in [6.07, 6.45) is 3.20. The van der Waals surface area contributed by atoms with Crippen LogP contribution >= 0.6 is 0 Å². The summed E-state index contributed by atoms with van der Waals surface area (Å²) in [7, 11) is 0. The monoisotopic (exact) mass is 353 g/mol. The van der Waals surface area contributed by atoms with E-state index in [2.05, 4.69) is 5.32 Å². The smallest absolute Gasteiger partial charge is 0.248 e. The molecule has 1 N–H and O–H groups in total. The molecule has 0 fully saturated rings. The molecule has 0 saturated heterocycles. The molecule has 0 bridgehead atoms. The number of ether oxygens (including phenoxy) is 1. The van der Waals surface area contributed by atoms with Gasteiger partial charge >= 0.3 is 0 Å². The highest BCUT2D eigenvalue weighted by Gasteiger charge is 2.13. The van der Waals surface area contributed by atoms with Crippen molar-refractivity contribution in [3.8, 4) is 5.75 Å². The Labute approximate surface area is 151 Å². The summed E-state index contributed by atoms with van der Waals surface area (Å²) in [6, 6.07) is 9.45. The van der Waals surface area contributed by atoms with Crippen LogP contribution in [0.25, 0.3) is 16.5 Å². The standard InChI is InChI=1S/C21H20FNO3/c1-4-25-19-11-20-18(14(3)12-26-20)10-17(19)13(2)9-21(24)23-16-7-5-15(22)6-8-16/h5-12H,4H2,1-3H3,(H,23,24)/b13-9+. The quantitative estimate of drug-likeness (QED) is 0.632. The zero-order valence-corrected chi connectivity index (χ0v) is 14.9. The Balaban J connectivity index is 1.91. The summed E-state index contributed by atoms with van der Waals surface area (Å²) in [5.41, 5.74) is 3.89. The SMILES string of the molecule is CCOc1cc2occ(C)c2cc1/C(C)=C/C(=O)Nc1ccc(F)cc1. The molecule has 3 aromatic rings. The van der Waals surface area contributed by atoms with E-state index in [1.807, 2.05) is 32.9 Å². The summed E-state index contributed by atoms with van der Waals surface area (Å²) in [5, 5.41) is 3.71. The number of anilines is 1. The second kappa shape index (κ2) is 7.44. The molecule has 0 aliphatic carbocycles. The molecular formula is C21H20FNO3. The fourth-order valence-corrected chi connectivity index (χ4v) is 2.75. The Hall–Kier alpha value is -3.08. The Morgan fingerprint density at radius 3 is 2.69 bits per heavy atom. The molecule has 1 amide bonds. The third-order valence-electron chi connectivity index (χ3n) is 4.05. The molecule has 1 aromatic heterocycles. The van der Waals surface area contributed by atoms with Crippen molar-refractivity contribution in [2.24, 2.45) is 0 Å². The van der Waals surface area contributed by atoms with Gasteiger partial charge < -0.3 is 14.5 Å². The van der Waals surface area contributed by atoms with Crippen molar-refractivity contribution in [1.82, 2.24) is 0 Å². The number of carbonyl (C=O) groups excluding carboxylic acids is 1. The lowest BCUT2D eigenvalue weighted by Crippen LogP contribution is -2.08. The van der Waals surface area contributed by atoms with Crippen molar-refractivity contribution in [3.63, 3.8) is 0 Å². The Bertz CT molecular complexity index is 971. The lowest BCUT2D eigenvalue weighted by molar-refractivity contribution is -0.111. The van der Waals surface area contributed by atoms with Crippen molar-refractivity contribution in [2.45, 2.75) is 20.8 Å². The average Bonchev–Trinajstić information content (AvgIpc) is 2.97. The largest absolute Gasteiger partial charge is 0.493 e. The molecule has 26 heavy (non-hydrogen) atoms. The second-order valence-electron chi connectivity index (χ2n) is 6.02. The normalized spacial score (nSPS) is 11.6. The topological polar surface area (TPSA) is 51.5 Å². The molecular weight excluding hydrogens is 333 g/mol. The molecule has 0 aliphatic rings. The van der Waals surface area contributed by atoms with Gasteiger partial charge in [-0.2, -0.15) is 0 Å². The number of fused-ring (bicyclic) bond motifs is 1. The Morgan fingerprint density at radius 1 is 1.27 bits per heavy atom. The van der Waals surface area contributed by atoms with E-state index in [4.69, 9.17) is 9.15 Å². The van der Waals surface area contributed by atoms with Gasteiger partial charge in [-0.3, -0.25) is 4.79 Å². The number of halogens is 1. The van der Waals surface area contributed by atoms with Crippen LogP contribution in [0.3, 0.4) is 0 Å². The predicted octanol–water partition coefficient (Wildman–Crippen LogP) is 5.32. The van der Waals surface area contributed by atoms with Gasteiger partial charge in [-0.25, -0.2) is 4.39 Å². The summed E-state index contributed by atoms with van der Waals surface area (Å²) in [6.45, 7) is 6.23. The number of amides is 1. The van der Waals surface area contributed by atoms with Crippen molar-refractivity contribution < 1.29 is 18.3 Å². The first-order valence-electron chi connectivity index (χ1n) is 8.37. The highest BCUT2D eigenvalue weighted by atomic mass is 19.1. The average molecular weight is 353 g/mol. The van der Waals surface area contributed by atoms with Crippen LogP contribution in [0.4, 0.5) is 10.1 Å². The predicted molar refractivity (Wildman–Crippen MR) is 101 cm³/mol. The minimum Gasteiger partial charge on any atom is -0.493 e. The minimum atomic E-state index is -0.347. The van der Waals surface area contributed by atoms with E-state index in [0.29, 0.717) is 18.0 Å². The van der Waals surface area contributed by atoms with Gasteiger partial charge in [-0.05, 0) is 62.2 Å². The van der Waals surface area contributed by atoms with Crippen molar-refractivity contribution in [2.75, 3.05) is 11.9 Å². The summed E-state index contributed by atoms with van der Waals surface area (Å²) >= 11 is 0. The van der Waals surface area contributed by atoms with Crippen LogP contribution in [-0.4, -0.2) is 12.5 Å². The number of benzene rings is 2. The van der Waals surface area contributed by atoms with Crippen molar-refractivity contribution >= 4 is 28.1 Å². The Morgan fingerprint density at radius 2 is 2.00 bits per heavy atom. The second-order valence-corrected chi connectivity index (χ2v) is 6.02. The van der Waals surface area contributed by atoms with E-state index in [0.717, 1.165) is 27.7 Å². The van der Waals surface area contributed by atoms with Crippen LogP contribution in [0.2, 0.25) is 0 Å². The molecule has 4 nitrogen and oxygen atoms in total. The van der Waals surface area contributed by atoms with Gasteiger partial charge in [0.15, 0.2) is 0 Å². The van der Waals surface area contributed by atoms with Crippen LogP contribution in [0.15, 0.2) is 53.2 Å². The lowest BCUT2D eigenvalue weighted by atomic mass is 10.0. The Kier molecular flexibility index (Phi) is 5.07. The van der Waals surface area contributed by atoms with Crippen LogP contribution in [-0.2, 0) is 4.79 Å². The van der Waals surface area contributed by atoms with Crippen molar-refractivity contribution in [1.29, 1.82) is 0 Å². The maximum absolute atomic E-state index is 13.0. The number of furan rings is 1. The summed E-state index contributed by atoms with van der Waals surface area (Å²) < 4.78 is 24.2. The molecule has 0 spiro atoms. The third-order valence-corrected chi connectivity index (χ3v) is 4.05. The number of allylic oxidation sites excluding steroid dienone is 1. The van der Waals surface area contributed by atoms with Gasteiger partial charge in [0, 0.05) is 28.8 Å². The fourth-order valence-electron chi connectivity index (χ4n) is 2.75. The maximum atomic E-state index is 13.0. The van der Waals surface area contributed by atoms with E-state index >= 15 is 0 Å². The molecule has 134 valence electrons. The summed E-state index contributed by atoms with van der Waals surface area (Å²) in [5.74, 6) is 0.0260. The first-order valence-corrected chi connectivity index (χ1v) is 8.37. The molecule has 0 saturated carbocycles. The van der Waals surface area contributed by atoms with E-state index in [9.17, 15) is 9.18 Å². The third kappa shape index (κ3) is 3.77. The van der Waals surface area contributed by atoms with Crippen LogP contribution in [0.1, 0.15) is 25.0 Å². The molecule has 0 aliphatic heterocycles. The van der Waals surface area contributed by atoms with Gasteiger partial charge in [0.05, 0.1) is 12.9 Å². The molecule has 1 heterocycles. The van der Waals surface area contributed by atoms with Gasteiger partial charge in [0.25, 0.3) is 0 Å². The number of carbonyl (C=O) groups is 1. The maximum Gasteiger partial charge on any atom is 0.248 e. The number of rotatable bonds is 5. The molecule has 5 heteroatoms. The van der Waals surface area contributed by atoms with E-state index < -0.39 is 0 Å². The molecule has 0 unspecified atom stereocenters. The molecule has 0 radical (unpaired) electrons.